The molecule has 34 heavy (non-hydrogen) atoms. The van der Waals surface area contributed by atoms with E-state index >= 15 is 0 Å². The second-order valence-corrected chi connectivity index (χ2v) is 9.46. The highest BCUT2D eigenvalue weighted by Gasteiger charge is 2.54. The van der Waals surface area contributed by atoms with Gasteiger partial charge in [-0.05, 0) is 60.9 Å². The third-order valence-corrected chi connectivity index (χ3v) is 7.42. The molecule has 3 aliphatic rings. The molecule has 8 heteroatoms. The van der Waals surface area contributed by atoms with Gasteiger partial charge in [0.25, 0.3) is 17.7 Å². The molecule has 174 valence electrons. The van der Waals surface area contributed by atoms with Gasteiger partial charge in [0.05, 0.1) is 5.69 Å². The Bertz CT molecular complexity index is 1270. The number of ether oxygens (including phenoxy) is 1. The van der Waals surface area contributed by atoms with Crippen molar-refractivity contribution in [3.05, 3.63) is 59.9 Å². The number of hydrogen-bond donors (Lipinski definition) is 2. The van der Waals surface area contributed by atoms with Gasteiger partial charge in [0.1, 0.15) is 11.3 Å². The van der Waals surface area contributed by atoms with Crippen LogP contribution in [-0.2, 0) is 4.79 Å². The van der Waals surface area contributed by atoms with E-state index in [1.165, 1.54) is 0 Å². The van der Waals surface area contributed by atoms with Crippen molar-refractivity contribution in [3.63, 3.8) is 0 Å². The molecular weight excluding hydrogens is 434 g/mol. The zero-order valence-corrected chi connectivity index (χ0v) is 18.6. The second kappa shape index (κ2) is 7.90. The number of fused-ring (bicyclic) bond motifs is 2. The Hall–Kier alpha value is -3.81. The van der Waals surface area contributed by atoms with E-state index in [2.05, 4.69) is 10.6 Å². The highest BCUT2D eigenvalue weighted by atomic mass is 16.5. The number of benzene rings is 2. The minimum Gasteiger partial charge on any atom is -0.482 e. The topological polar surface area (TPSA) is 101 Å². The number of para-hydroxylation sites is 1. The Morgan fingerprint density at radius 2 is 1.94 bits per heavy atom. The largest absolute Gasteiger partial charge is 0.482 e. The maximum Gasteiger partial charge on any atom is 0.287 e. The zero-order valence-electron chi connectivity index (χ0n) is 18.6. The number of nitrogens with zero attached hydrogens (tertiary/aromatic N) is 1. The van der Waals surface area contributed by atoms with Crippen molar-refractivity contribution in [1.82, 2.24) is 10.2 Å². The lowest BCUT2D eigenvalue weighted by Gasteiger charge is -2.33. The number of rotatable bonds is 4. The molecule has 3 heterocycles. The van der Waals surface area contributed by atoms with Gasteiger partial charge in [0.15, 0.2) is 12.4 Å². The molecule has 6 rings (SSSR count). The van der Waals surface area contributed by atoms with Gasteiger partial charge in [-0.25, -0.2) is 0 Å². The molecule has 8 nitrogen and oxygen atoms in total. The summed E-state index contributed by atoms with van der Waals surface area (Å²) in [5.41, 5.74) is 2.00. The predicted octanol–water partition coefficient (Wildman–Crippen LogP) is 3.44. The van der Waals surface area contributed by atoms with Gasteiger partial charge in [0.2, 0.25) is 0 Å². The molecule has 2 N–H and O–H groups in total. The summed E-state index contributed by atoms with van der Waals surface area (Å²) in [6, 6.07) is 14.5. The third kappa shape index (κ3) is 3.69. The summed E-state index contributed by atoms with van der Waals surface area (Å²) in [6.07, 6.45) is 2.92. The van der Waals surface area contributed by atoms with Crippen molar-refractivity contribution in [3.8, 4) is 5.75 Å². The normalized spacial score (nSPS) is 20.4. The van der Waals surface area contributed by atoms with Crippen LogP contribution in [0.1, 0.15) is 40.2 Å². The van der Waals surface area contributed by atoms with E-state index in [-0.39, 0.29) is 29.7 Å². The first-order chi connectivity index (χ1) is 16.5. The Morgan fingerprint density at radius 1 is 1.12 bits per heavy atom. The number of furan rings is 1. The standard InChI is InChI=1S/C26H25N3O5/c30-23-15-33-21-6-5-17(11-19(21)28-23)25(32)29-9-7-26(8-10-29)13-18(26)14-27-24(31)22-12-16-3-1-2-4-20(16)34-22/h1-6,11-12,18H,7-10,13-15H2,(H,27,31)(H,28,30). The van der Waals surface area contributed by atoms with Crippen molar-refractivity contribution in [2.75, 3.05) is 31.6 Å². The molecule has 1 saturated heterocycles. The molecule has 1 aliphatic carbocycles. The quantitative estimate of drug-likeness (QED) is 0.623. The minimum absolute atomic E-state index is 0.00556. The number of carbonyl (C=O) groups excluding carboxylic acids is 3. The van der Waals surface area contributed by atoms with Crippen molar-refractivity contribution in [2.45, 2.75) is 19.3 Å². The molecule has 2 aromatic carbocycles. The lowest BCUT2D eigenvalue weighted by atomic mass is 9.90. The maximum absolute atomic E-state index is 13.0. The van der Waals surface area contributed by atoms with Gasteiger partial charge in [-0.2, -0.15) is 0 Å². The van der Waals surface area contributed by atoms with Gasteiger partial charge in [0, 0.05) is 30.6 Å². The van der Waals surface area contributed by atoms with Gasteiger partial charge < -0.3 is 24.7 Å². The van der Waals surface area contributed by atoms with Crippen LogP contribution in [0.4, 0.5) is 5.69 Å². The molecule has 3 amide bonds. The number of carbonyl (C=O) groups is 3. The SMILES string of the molecule is O=C1COc2ccc(C(=O)N3CCC4(CC3)CC4CNC(=O)c3cc4ccccc4o3)cc2N1. The molecule has 0 radical (unpaired) electrons. The van der Waals surface area contributed by atoms with Crippen LogP contribution in [0.25, 0.3) is 11.0 Å². The summed E-state index contributed by atoms with van der Waals surface area (Å²) in [7, 11) is 0. The molecule has 2 fully saturated rings. The van der Waals surface area contributed by atoms with Gasteiger partial charge in [-0.1, -0.05) is 18.2 Å². The number of hydrogen-bond acceptors (Lipinski definition) is 5. The number of likely N-dealkylation sites (tertiary alicyclic amines) is 1. The monoisotopic (exact) mass is 459 g/mol. The third-order valence-electron chi connectivity index (χ3n) is 7.42. The van der Waals surface area contributed by atoms with Gasteiger partial charge in [-0.3, -0.25) is 14.4 Å². The van der Waals surface area contributed by atoms with E-state index in [0.717, 1.165) is 24.6 Å². The van der Waals surface area contributed by atoms with Crippen LogP contribution in [0.2, 0.25) is 0 Å². The molecule has 0 bridgehead atoms. The summed E-state index contributed by atoms with van der Waals surface area (Å²) in [5, 5.41) is 6.70. The smallest absolute Gasteiger partial charge is 0.287 e. The average Bonchev–Trinajstić information content (AvgIpc) is 3.33. The van der Waals surface area contributed by atoms with Crippen LogP contribution >= 0.6 is 0 Å². The molecule has 1 aromatic heterocycles. The first-order valence-corrected chi connectivity index (χ1v) is 11.6. The van der Waals surface area contributed by atoms with E-state index in [1.807, 2.05) is 29.2 Å². The van der Waals surface area contributed by atoms with E-state index in [4.69, 9.17) is 9.15 Å². The Balaban J connectivity index is 1.03. The summed E-state index contributed by atoms with van der Waals surface area (Å²) >= 11 is 0. The number of anilines is 1. The number of nitrogens with one attached hydrogen (secondary N) is 2. The molecule has 1 saturated carbocycles. The fraction of sp³-hybridized carbons (Fsp3) is 0.346. The lowest BCUT2D eigenvalue weighted by Crippen LogP contribution is -2.40. The van der Waals surface area contributed by atoms with E-state index in [9.17, 15) is 14.4 Å². The predicted molar refractivity (Wildman–Crippen MR) is 125 cm³/mol. The van der Waals surface area contributed by atoms with Crippen LogP contribution in [-0.4, -0.2) is 48.9 Å². The van der Waals surface area contributed by atoms with E-state index in [0.29, 0.717) is 53.9 Å². The summed E-state index contributed by atoms with van der Waals surface area (Å²) in [5.74, 6) is 0.905. The second-order valence-electron chi connectivity index (χ2n) is 9.46. The molecule has 1 atom stereocenters. The number of amides is 3. The highest BCUT2D eigenvalue weighted by Crippen LogP contribution is 2.59. The maximum atomic E-state index is 13.0. The van der Waals surface area contributed by atoms with Crippen molar-refractivity contribution < 1.29 is 23.5 Å². The summed E-state index contributed by atoms with van der Waals surface area (Å²) in [4.78, 5) is 39.0. The van der Waals surface area contributed by atoms with E-state index < -0.39 is 0 Å². The average molecular weight is 460 g/mol. The van der Waals surface area contributed by atoms with Crippen molar-refractivity contribution in [2.24, 2.45) is 11.3 Å². The Labute approximate surface area is 196 Å². The van der Waals surface area contributed by atoms with Crippen molar-refractivity contribution in [1.29, 1.82) is 0 Å². The molecular formula is C26H25N3O5. The minimum atomic E-state index is -0.218. The number of piperidine rings is 1. The molecule has 3 aromatic rings. The summed E-state index contributed by atoms with van der Waals surface area (Å²) in [6.45, 7) is 1.99. The van der Waals surface area contributed by atoms with Crippen LogP contribution in [0, 0.1) is 11.3 Å². The zero-order chi connectivity index (χ0) is 23.3. The molecule has 2 aliphatic heterocycles. The van der Waals surface area contributed by atoms with Crippen LogP contribution in [0.15, 0.2) is 52.9 Å². The fourth-order valence-electron chi connectivity index (χ4n) is 5.28. The Kier molecular flexibility index (Phi) is 4.83. The first kappa shape index (κ1) is 20.8. The van der Waals surface area contributed by atoms with Crippen LogP contribution in [0.5, 0.6) is 5.75 Å². The van der Waals surface area contributed by atoms with Crippen LogP contribution < -0.4 is 15.4 Å². The molecule has 1 unspecified atom stereocenters. The Morgan fingerprint density at radius 3 is 2.76 bits per heavy atom. The molecule has 1 spiro atoms. The summed E-state index contributed by atoms with van der Waals surface area (Å²) < 4.78 is 11.0. The van der Waals surface area contributed by atoms with Crippen LogP contribution in [0.3, 0.4) is 0 Å². The van der Waals surface area contributed by atoms with Gasteiger partial charge in [-0.15, -0.1) is 0 Å². The van der Waals surface area contributed by atoms with E-state index in [1.54, 1.807) is 24.3 Å². The van der Waals surface area contributed by atoms with Gasteiger partial charge >= 0.3 is 0 Å². The fourth-order valence-corrected chi connectivity index (χ4v) is 5.28. The van der Waals surface area contributed by atoms with Crippen molar-refractivity contribution >= 4 is 34.4 Å². The highest BCUT2D eigenvalue weighted by molar-refractivity contribution is 6.00. The lowest BCUT2D eigenvalue weighted by molar-refractivity contribution is -0.118. The first-order valence-electron chi connectivity index (χ1n) is 11.6.